The minimum absolute atomic E-state index is 0.131. The van der Waals surface area contributed by atoms with E-state index in [9.17, 15) is 18.0 Å². The Labute approximate surface area is 203 Å². The largest absolute Gasteiger partial charge is 0.352 e. The zero-order valence-corrected chi connectivity index (χ0v) is 21.3. The Hall–Kier alpha value is -2.87. The van der Waals surface area contributed by atoms with Crippen LogP contribution in [0.25, 0.3) is 0 Å². The summed E-state index contributed by atoms with van der Waals surface area (Å²) in [7, 11) is -3.74. The van der Waals surface area contributed by atoms with Gasteiger partial charge in [-0.15, -0.1) is 0 Å². The van der Waals surface area contributed by atoms with E-state index in [2.05, 4.69) is 5.32 Å². The van der Waals surface area contributed by atoms with Crippen molar-refractivity contribution in [1.29, 1.82) is 0 Å². The molecular weight excluding hydrogens is 450 g/mol. The minimum Gasteiger partial charge on any atom is -0.352 e. The van der Waals surface area contributed by atoms with Gasteiger partial charge in [-0.3, -0.25) is 13.9 Å². The number of aryl methyl sites for hydroxylation is 1. The quantitative estimate of drug-likeness (QED) is 0.589. The van der Waals surface area contributed by atoms with E-state index in [1.807, 2.05) is 50.2 Å². The van der Waals surface area contributed by atoms with Crippen LogP contribution in [0.3, 0.4) is 0 Å². The van der Waals surface area contributed by atoms with Crippen molar-refractivity contribution in [3.63, 3.8) is 0 Å². The molecule has 0 radical (unpaired) electrons. The van der Waals surface area contributed by atoms with Crippen LogP contribution in [-0.4, -0.2) is 50.0 Å². The van der Waals surface area contributed by atoms with Crippen LogP contribution in [0.5, 0.6) is 0 Å². The number of carbonyl (C=O) groups excluding carboxylic acids is 2. The van der Waals surface area contributed by atoms with Gasteiger partial charge >= 0.3 is 0 Å². The number of hydrogen-bond acceptors (Lipinski definition) is 4. The highest BCUT2D eigenvalue weighted by atomic mass is 32.2. The number of amides is 2. The third-order valence-corrected chi connectivity index (χ3v) is 7.71. The Morgan fingerprint density at radius 3 is 2.29 bits per heavy atom. The van der Waals surface area contributed by atoms with Gasteiger partial charge in [-0.05, 0) is 56.4 Å². The van der Waals surface area contributed by atoms with Gasteiger partial charge in [0.15, 0.2) is 0 Å². The molecule has 0 bridgehead atoms. The summed E-state index contributed by atoms with van der Waals surface area (Å²) in [5.41, 5.74) is 3.07. The van der Waals surface area contributed by atoms with E-state index in [0.717, 1.165) is 52.9 Å². The van der Waals surface area contributed by atoms with Gasteiger partial charge in [0.05, 0.1) is 11.9 Å². The molecule has 184 valence electrons. The average Bonchev–Trinajstić information content (AvgIpc) is 3.30. The first-order valence-electron chi connectivity index (χ1n) is 11.8. The van der Waals surface area contributed by atoms with E-state index in [0.29, 0.717) is 5.69 Å². The van der Waals surface area contributed by atoms with Crippen LogP contribution in [0.2, 0.25) is 0 Å². The zero-order chi connectivity index (χ0) is 24.9. The van der Waals surface area contributed by atoms with Gasteiger partial charge in [0.2, 0.25) is 21.8 Å². The van der Waals surface area contributed by atoms with Crippen molar-refractivity contribution in [3.8, 4) is 0 Å². The van der Waals surface area contributed by atoms with Crippen LogP contribution in [0.1, 0.15) is 49.3 Å². The average molecular weight is 486 g/mol. The lowest BCUT2D eigenvalue weighted by Gasteiger charge is -2.32. The van der Waals surface area contributed by atoms with E-state index >= 15 is 0 Å². The molecule has 2 aromatic carbocycles. The van der Waals surface area contributed by atoms with Crippen molar-refractivity contribution in [2.24, 2.45) is 0 Å². The molecule has 2 amide bonds. The van der Waals surface area contributed by atoms with Crippen molar-refractivity contribution in [2.45, 2.75) is 65.1 Å². The maximum atomic E-state index is 13.6. The molecule has 1 atom stereocenters. The first-order valence-corrected chi connectivity index (χ1v) is 13.6. The van der Waals surface area contributed by atoms with Gasteiger partial charge in [-0.25, -0.2) is 8.42 Å². The molecule has 3 rings (SSSR count). The SMILES string of the molecule is Cc1cccc(N(CC(=O)N(Cc2ccccc2)[C@H](C)C(=O)NC2CCCC2)S(C)(=O)=O)c1C. The third-order valence-electron chi connectivity index (χ3n) is 6.59. The maximum absolute atomic E-state index is 13.6. The second-order valence-corrected chi connectivity index (χ2v) is 11.1. The summed E-state index contributed by atoms with van der Waals surface area (Å²) in [6.07, 6.45) is 5.16. The second kappa shape index (κ2) is 11.0. The van der Waals surface area contributed by atoms with Gasteiger partial charge in [-0.2, -0.15) is 0 Å². The molecule has 0 unspecified atom stereocenters. The highest BCUT2D eigenvalue weighted by Crippen LogP contribution is 2.25. The first kappa shape index (κ1) is 25.7. The molecule has 0 saturated heterocycles. The van der Waals surface area contributed by atoms with Crippen molar-refractivity contribution in [1.82, 2.24) is 10.2 Å². The monoisotopic (exact) mass is 485 g/mol. The lowest BCUT2D eigenvalue weighted by molar-refractivity contribution is -0.139. The maximum Gasteiger partial charge on any atom is 0.244 e. The highest BCUT2D eigenvalue weighted by Gasteiger charge is 2.31. The van der Waals surface area contributed by atoms with Gasteiger partial charge in [-0.1, -0.05) is 55.3 Å². The van der Waals surface area contributed by atoms with Crippen molar-refractivity contribution in [3.05, 3.63) is 65.2 Å². The number of nitrogens with zero attached hydrogens (tertiary/aromatic N) is 2. The summed E-state index contributed by atoms with van der Waals surface area (Å²) < 4.78 is 26.6. The summed E-state index contributed by atoms with van der Waals surface area (Å²) in [6.45, 7) is 5.28. The van der Waals surface area contributed by atoms with Crippen LogP contribution in [0.4, 0.5) is 5.69 Å². The van der Waals surface area contributed by atoms with E-state index < -0.39 is 22.0 Å². The second-order valence-electron chi connectivity index (χ2n) is 9.16. The third kappa shape index (κ3) is 6.38. The molecule has 7 nitrogen and oxygen atoms in total. The number of rotatable bonds is 9. The van der Waals surface area contributed by atoms with Gasteiger partial charge < -0.3 is 10.2 Å². The molecule has 1 aliphatic rings. The standard InChI is InChI=1S/C26H35N3O4S/c1-19-11-10-16-24(20(19)2)29(34(4,32)33)18-25(30)28(17-22-12-6-5-7-13-22)21(3)26(31)27-23-14-8-9-15-23/h5-7,10-13,16,21,23H,8-9,14-15,17-18H2,1-4H3,(H,27,31)/t21-/m1/s1. The fourth-order valence-electron chi connectivity index (χ4n) is 4.36. The molecule has 1 N–H and O–H groups in total. The van der Waals surface area contributed by atoms with Gasteiger partial charge in [0, 0.05) is 12.6 Å². The molecule has 34 heavy (non-hydrogen) atoms. The zero-order valence-electron chi connectivity index (χ0n) is 20.5. The molecule has 8 heteroatoms. The molecule has 0 aliphatic heterocycles. The fraction of sp³-hybridized carbons (Fsp3) is 0.462. The molecule has 0 spiro atoms. The molecule has 0 heterocycles. The Bertz CT molecular complexity index is 1110. The Kier molecular flexibility index (Phi) is 8.36. The van der Waals surface area contributed by atoms with Crippen molar-refractivity contribution in [2.75, 3.05) is 17.1 Å². The van der Waals surface area contributed by atoms with Crippen LogP contribution in [0.15, 0.2) is 48.5 Å². The summed E-state index contributed by atoms with van der Waals surface area (Å²) in [6, 6.07) is 14.2. The summed E-state index contributed by atoms with van der Waals surface area (Å²) >= 11 is 0. The summed E-state index contributed by atoms with van der Waals surface area (Å²) in [5.74, 6) is -0.641. The molecular formula is C26H35N3O4S. The number of sulfonamides is 1. The minimum atomic E-state index is -3.74. The topological polar surface area (TPSA) is 86.8 Å². The normalized spacial score (nSPS) is 15.1. The van der Waals surface area contributed by atoms with Crippen LogP contribution < -0.4 is 9.62 Å². The van der Waals surface area contributed by atoms with E-state index in [-0.39, 0.29) is 25.0 Å². The molecule has 1 saturated carbocycles. The molecule has 1 fully saturated rings. The van der Waals surface area contributed by atoms with Crippen LogP contribution in [-0.2, 0) is 26.2 Å². The van der Waals surface area contributed by atoms with Crippen molar-refractivity contribution >= 4 is 27.5 Å². The Morgan fingerprint density at radius 2 is 1.68 bits per heavy atom. The van der Waals surface area contributed by atoms with Crippen molar-refractivity contribution < 1.29 is 18.0 Å². The number of hydrogen-bond donors (Lipinski definition) is 1. The number of carbonyl (C=O) groups is 2. The van der Waals surface area contributed by atoms with Gasteiger partial charge in [0.25, 0.3) is 0 Å². The summed E-state index contributed by atoms with van der Waals surface area (Å²) in [5, 5.41) is 3.07. The lowest BCUT2D eigenvalue weighted by Crippen LogP contribution is -2.52. The fourth-order valence-corrected chi connectivity index (χ4v) is 5.26. The van der Waals surface area contributed by atoms with Crippen LogP contribution >= 0.6 is 0 Å². The molecule has 0 aromatic heterocycles. The number of anilines is 1. The number of benzene rings is 2. The number of nitrogens with one attached hydrogen (secondary N) is 1. The van der Waals surface area contributed by atoms with Crippen LogP contribution in [0, 0.1) is 13.8 Å². The first-order chi connectivity index (χ1) is 16.1. The molecule has 1 aliphatic carbocycles. The molecule has 2 aromatic rings. The Balaban J connectivity index is 1.89. The highest BCUT2D eigenvalue weighted by molar-refractivity contribution is 7.92. The predicted octanol–water partition coefficient (Wildman–Crippen LogP) is 3.55. The van der Waals surface area contributed by atoms with E-state index in [4.69, 9.17) is 0 Å². The summed E-state index contributed by atoms with van der Waals surface area (Å²) in [4.78, 5) is 28.1. The van der Waals surface area contributed by atoms with E-state index in [1.165, 1.54) is 4.90 Å². The smallest absolute Gasteiger partial charge is 0.244 e. The lowest BCUT2D eigenvalue weighted by atomic mass is 10.1. The Morgan fingerprint density at radius 1 is 1.03 bits per heavy atom. The predicted molar refractivity (Wildman–Crippen MR) is 135 cm³/mol. The van der Waals surface area contributed by atoms with E-state index in [1.54, 1.807) is 19.1 Å². The van der Waals surface area contributed by atoms with Gasteiger partial charge in [0.1, 0.15) is 12.6 Å².